The minimum absolute atomic E-state index is 0.267. The van der Waals surface area contributed by atoms with E-state index in [1.54, 1.807) is 0 Å². The fraction of sp³-hybridized carbons (Fsp3) is 0.444. The van der Waals surface area contributed by atoms with Gasteiger partial charge in [-0.1, -0.05) is 62.2 Å². The van der Waals surface area contributed by atoms with Crippen molar-refractivity contribution in [1.29, 1.82) is 0 Å². The van der Waals surface area contributed by atoms with Crippen LogP contribution in [-0.4, -0.2) is 0 Å². The lowest BCUT2D eigenvalue weighted by molar-refractivity contribution is 0.225. The van der Waals surface area contributed by atoms with E-state index in [1.807, 2.05) is 0 Å². The van der Waals surface area contributed by atoms with Crippen LogP contribution in [0.1, 0.15) is 44.2 Å². The minimum atomic E-state index is 0.267. The maximum Gasteiger partial charge on any atom is 0.0494 e. The molecule has 3 unspecified atom stereocenters. The average Bonchev–Trinajstić information content (AvgIpc) is 2.48. The summed E-state index contributed by atoms with van der Waals surface area (Å²) in [6.07, 6.45) is 5.25. The van der Waals surface area contributed by atoms with Gasteiger partial charge in [-0.05, 0) is 41.0 Å². The number of rotatable bonds is 3. The van der Waals surface area contributed by atoms with Gasteiger partial charge in [0.1, 0.15) is 0 Å². The highest BCUT2D eigenvalue weighted by atomic mass is 15.2. The van der Waals surface area contributed by atoms with Crippen LogP contribution in [0.15, 0.2) is 42.5 Å². The summed E-state index contributed by atoms with van der Waals surface area (Å²) in [5, 5.41) is 2.63. The Morgan fingerprint density at radius 2 is 1.90 bits per heavy atom. The molecule has 0 bridgehead atoms. The Labute approximate surface area is 121 Å². The molecule has 0 aliphatic heterocycles. The van der Waals surface area contributed by atoms with Crippen molar-refractivity contribution in [3.05, 3.63) is 48.0 Å². The molecule has 0 amide bonds. The molecule has 0 saturated heterocycles. The van der Waals surface area contributed by atoms with E-state index in [-0.39, 0.29) is 6.04 Å². The van der Waals surface area contributed by atoms with E-state index in [0.29, 0.717) is 5.92 Å². The van der Waals surface area contributed by atoms with Crippen LogP contribution in [0.4, 0.5) is 0 Å². The Bertz CT molecular complexity index is 573. The molecule has 2 aromatic rings. The van der Waals surface area contributed by atoms with E-state index in [2.05, 4.69) is 54.8 Å². The van der Waals surface area contributed by atoms with Crippen molar-refractivity contribution in [2.24, 2.45) is 17.7 Å². The first-order chi connectivity index (χ1) is 9.79. The van der Waals surface area contributed by atoms with E-state index < -0.39 is 0 Å². The second-order valence-electron chi connectivity index (χ2n) is 6.24. The number of fused-ring (bicyclic) bond motifs is 1. The Balaban J connectivity index is 1.98. The lowest BCUT2D eigenvalue weighted by Gasteiger charge is -2.33. The summed E-state index contributed by atoms with van der Waals surface area (Å²) in [6, 6.07) is 15.4. The second-order valence-corrected chi connectivity index (χ2v) is 6.24. The maximum absolute atomic E-state index is 5.92. The van der Waals surface area contributed by atoms with Gasteiger partial charge in [0.25, 0.3) is 0 Å². The Kier molecular flexibility index (Phi) is 4.04. The van der Waals surface area contributed by atoms with Crippen molar-refractivity contribution >= 4 is 10.8 Å². The Hall–Kier alpha value is -1.38. The van der Waals surface area contributed by atoms with Gasteiger partial charge in [0.15, 0.2) is 0 Å². The van der Waals surface area contributed by atoms with Crippen molar-refractivity contribution in [1.82, 2.24) is 5.43 Å². The smallest absolute Gasteiger partial charge is 0.0494 e. The van der Waals surface area contributed by atoms with Crippen molar-refractivity contribution in [2.45, 2.75) is 38.6 Å². The van der Waals surface area contributed by atoms with Gasteiger partial charge < -0.3 is 0 Å². The van der Waals surface area contributed by atoms with Crippen molar-refractivity contribution in [2.75, 3.05) is 0 Å². The summed E-state index contributed by atoms with van der Waals surface area (Å²) in [5.41, 5.74) is 4.45. The molecule has 2 aromatic carbocycles. The molecule has 1 saturated carbocycles. The SMILES string of the molecule is CC1CCCC(C(NN)c2cccc3ccccc23)C1. The van der Waals surface area contributed by atoms with Gasteiger partial charge in [-0.3, -0.25) is 11.3 Å². The molecule has 0 spiro atoms. The molecular formula is C18H24N2. The molecule has 1 aliphatic carbocycles. The predicted octanol–water partition coefficient (Wildman–Crippen LogP) is 4.17. The van der Waals surface area contributed by atoms with Crippen LogP contribution in [0.5, 0.6) is 0 Å². The number of nitrogens with one attached hydrogen (secondary N) is 1. The van der Waals surface area contributed by atoms with Crippen LogP contribution >= 0.6 is 0 Å². The highest BCUT2D eigenvalue weighted by Crippen LogP contribution is 2.38. The van der Waals surface area contributed by atoms with Crippen molar-refractivity contribution < 1.29 is 0 Å². The minimum Gasteiger partial charge on any atom is -0.271 e. The predicted molar refractivity (Wildman–Crippen MR) is 85.1 cm³/mol. The quantitative estimate of drug-likeness (QED) is 0.647. The van der Waals surface area contributed by atoms with Crippen molar-refractivity contribution in [3.8, 4) is 0 Å². The molecule has 2 nitrogen and oxygen atoms in total. The molecule has 3 N–H and O–H groups in total. The average molecular weight is 268 g/mol. The monoisotopic (exact) mass is 268 g/mol. The lowest BCUT2D eigenvalue weighted by Crippen LogP contribution is -2.35. The molecular weight excluding hydrogens is 244 g/mol. The molecule has 0 radical (unpaired) electrons. The molecule has 3 rings (SSSR count). The van der Waals surface area contributed by atoms with Gasteiger partial charge in [-0.15, -0.1) is 0 Å². The standard InChI is InChI=1S/C18H24N2/c1-13-6-4-9-15(12-13)18(20-19)17-11-5-8-14-7-2-3-10-16(14)17/h2-3,5,7-8,10-11,13,15,18,20H,4,6,9,12,19H2,1H3. The third-order valence-electron chi connectivity index (χ3n) is 4.79. The van der Waals surface area contributed by atoms with Gasteiger partial charge in [0.05, 0.1) is 0 Å². The summed E-state index contributed by atoms with van der Waals surface area (Å²) < 4.78 is 0. The zero-order chi connectivity index (χ0) is 13.9. The van der Waals surface area contributed by atoms with Crippen LogP contribution < -0.4 is 11.3 Å². The van der Waals surface area contributed by atoms with E-state index in [1.165, 1.54) is 42.0 Å². The number of hydrogen-bond acceptors (Lipinski definition) is 2. The summed E-state index contributed by atoms with van der Waals surface area (Å²) in [6.45, 7) is 2.36. The van der Waals surface area contributed by atoms with Crippen LogP contribution in [0, 0.1) is 11.8 Å². The molecule has 1 aliphatic rings. The molecule has 20 heavy (non-hydrogen) atoms. The van der Waals surface area contributed by atoms with Gasteiger partial charge in [-0.2, -0.15) is 0 Å². The summed E-state index contributed by atoms with van der Waals surface area (Å²) in [7, 11) is 0. The first kappa shape index (κ1) is 13.6. The molecule has 1 fully saturated rings. The largest absolute Gasteiger partial charge is 0.271 e. The fourth-order valence-corrected chi connectivity index (χ4v) is 3.79. The summed E-state index contributed by atoms with van der Waals surface area (Å²) in [5.74, 6) is 7.39. The number of benzene rings is 2. The van der Waals surface area contributed by atoms with E-state index in [9.17, 15) is 0 Å². The first-order valence-corrected chi connectivity index (χ1v) is 7.73. The first-order valence-electron chi connectivity index (χ1n) is 7.73. The third kappa shape index (κ3) is 2.58. The zero-order valence-corrected chi connectivity index (χ0v) is 12.2. The molecule has 106 valence electrons. The summed E-state index contributed by atoms with van der Waals surface area (Å²) in [4.78, 5) is 0. The van der Waals surface area contributed by atoms with E-state index in [4.69, 9.17) is 5.84 Å². The Morgan fingerprint density at radius 3 is 2.70 bits per heavy atom. The summed E-state index contributed by atoms with van der Waals surface area (Å²) >= 11 is 0. The molecule has 0 heterocycles. The maximum atomic E-state index is 5.92. The van der Waals surface area contributed by atoms with Crippen LogP contribution in [-0.2, 0) is 0 Å². The van der Waals surface area contributed by atoms with Gasteiger partial charge in [0.2, 0.25) is 0 Å². The molecule has 2 heteroatoms. The molecule has 3 atom stereocenters. The number of hydrazine groups is 1. The number of nitrogens with two attached hydrogens (primary N) is 1. The van der Waals surface area contributed by atoms with E-state index >= 15 is 0 Å². The van der Waals surface area contributed by atoms with Crippen LogP contribution in [0.2, 0.25) is 0 Å². The van der Waals surface area contributed by atoms with E-state index in [0.717, 1.165) is 5.92 Å². The molecule has 0 aromatic heterocycles. The number of hydrogen-bond donors (Lipinski definition) is 2. The fourth-order valence-electron chi connectivity index (χ4n) is 3.79. The van der Waals surface area contributed by atoms with Gasteiger partial charge in [-0.25, -0.2) is 0 Å². The van der Waals surface area contributed by atoms with Crippen LogP contribution in [0.25, 0.3) is 10.8 Å². The highest BCUT2D eigenvalue weighted by Gasteiger charge is 2.27. The zero-order valence-electron chi connectivity index (χ0n) is 12.2. The van der Waals surface area contributed by atoms with Crippen molar-refractivity contribution in [3.63, 3.8) is 0 Å². The Morgan fingerprint density at radius 1 is 1.10 bits per heavy atom. The second kappa shape index (κ2) is 5.94. The van der Waals surface area contributed by atoms with Crippen LogP contribution in [0.3, 0.4) is 0 Å². The third-order valence-corrected chi connectivity index (χ3v) is 4.79. The lowest BCUT2D eigenvalue weighted by atomic mass is 9.76. The normalized spacial score (nSPS) is 24.7. The topological polar surface area (TPSA) is 38.0 Å². The highest BCUT2D eigenvalue weighted by molar-refractivity contribution is 5.86. The van der Waals surface area contributed by atoms with Gasteiger partial charge >= 0.3 is 0 Å². The van der Waals surface area contributed by atoms with Gasteiger partial charge in [0, 0.05) is 6.04 Å².